The molecule has 2 N–H and O–H groups in total. The van der Waals surface area contributed by atoms with E-state index in [9.17, 15) is 13.6 Å². The van der Waals surface area contributed by atoms with Crippen molar-refractivity contribution in [2.75, 3.05) is 6.61 Å². The first-order valence-corrected chi connectivity index (χ1v) is 4.88. The van der Waals surface area contributed by atoms with E-state index in [0.717, 1.165) is 6.07 Å². The van der Waals surface area contributed by atoms with Gasteiger partial charge in [-0.05, 0) is 24.6 Å². The molecule has 0 saturated heterocycles. The van der Waals surface area contributed by atoms with E-state index in [1.807, 2.05) is 0 Å². The molecule has 0 aliphatic heterocycles. The topological polar surface area (TPSA) is 52.3 Å². The molecule has 1 unspecified atom stereocenters. The van der Waals surface area contributed by atoms with Gasteiger partial charge in [0.2, 0.25) is 6.17 Å². The Bertz CT molecular complexity index is 371. The molecule has 0 spiro atoms. The highest BCUT2D eigenvalue weighted by Gasteiger charge is 2.27. The highest BCUT2D eigenvalue weighted by molar-refractivity contribution is 5.75. The van der Waals surface area contributed by atoms with Gasteiger partial charge in [0.05, 0.1) is 12.6 Å². The monoisotopic (exact) mass is 229 g/mol. The summed E-state index contributed by atoms with van der Waals surface area (Å²) in [4.78, 5) is 11.1. The normalized spacial score (nSPS) is 14.2. The van der Waals surface area contributed by atoms with Gasteiger partial charge in [-0.2, -0.15) is 0 Å². The minimum absolute atomic E-state index is 0.0785. The van der Waals surface area contributed by atoms with E-state index in [2.05, 4.69) is 4.74 Å². The van der Waals surface area contributed by atoms with Crippen LogP contribution in [0.3, 0.4) is 0 Å². The van der Waals surface area contributed by atoms with Crippen molar-refractivity contribution in [2.24, 2.45) is 5.73 Å². The van der Waals surface area contributed by atoms with E-state index in [1.165, 1.54) is 18.2 Å². The summed E-state index contributed by atoms with van der Waals surface area (Å²) < 4.78 is 30.8. The van der Waals surface area contributed by atoms with Crippen molar-refractivity contribution in [3.8, 4) is 0 Å². The maximum Gasteiger partial charge on any atom is 0.342 e. The molecule has 0 amide bonds. The molecule has 1 rings (SSSR count). The van der Waals surface area contributed by atoms with Crippen molar-refractivity contribution in [3.05, 3.63) is 35.6 Å². The quantitative estimate of drug-likeness (QED) is 0.800. The Labute approximate surface area is 92.2 Å². The van der Waals surface area contributed by atoms with Crippen molar-refractivity contribution in [2.45, 2.75) is 19.1 Å². The van der Waals surface area contributed by atoms with Gasteiger partial charge in [0.15, 0.2) is 0 Å². The first-order chi connectivity index (χ1) is 7.56. The number of carbonyl (C=O) groups is 1. The van der Waals surface area contributed by atoms with Crippen molar-refractivity contribution in [1.82, 2.24) is 0 Å². The van der Waals surface area contributed by atoms with Gasteiger partial charge < -0.3 is 10.5 Å². The van der Waals surface area contributed by atoms with Gasteiger partial charge in [-0.1, -0.05) is 12.1 Å². The van der Waals surface area contributed by atoms with Gasteiger partial charge >= 0.3 is 5.97 Å². The average molecular weight is 229 g/mol. The minimum Gasteiger partial charge on any atom is -0.464 e. The fourth-order valence-electron chi connectivity index (χ4n) is 1.25. The lowest BCUT2D eigenvalue weighted by atomic mass is 10.0. The fraction of sp³-hybridized carbons (Fsp3) is 0.364. The number of carbonyl (C=O) groups excluding carboxylic acids is 1. The van der Waals surface area contributed by atoms with Crippen LogP contribution in [0.15, 0.2) is 24.3 Å². The Morgan fingerprint density at radius 3 is 2.81 bits per heavy atom. The maximum absolute atomic E-state index is 13.5. The van der Waals surface area contributed by atoms with Gasteiger partial charge in [-0.25, -0.2) is 13.6 Å². The molecule has 0 heterocycles. The molecule has 88 valence electrons. The van der Waals surface area contributed by atoms with Crippen LogP contribution in [0.25, 0.3) is 0 Å². The largest absolute Gasteiger partial charge is 0.464 e. The molecule has 5 heteroatoms. The number of nitrogens with two attached hydrogens (primary N) is 1. The summed E-state index contributed by atoms with van der Waals surface area (Å²) in [6.45, 7) is 1.65. The smallest absolute Gasteiger partial charge is 0.342 e. The summed E-state index contributed by atoms with van der Waals surface area (Å²) in [6.07, 6.45) is -1.98. The predicted molar refractivity (Wildman–Crippen MR) is 54.9 cm³/mol. The fourth-order valence-corrected chi connectivity index (χ4v) is 1.25. The lowest BCUT2D eigenvalue weighted by Gasteiger charge is -2.15. The third-order valence-corrected chi connectivity index (χ3v) is 2.06. The molecule has 0 aliphatic rings. The molecule has 0 aromatic heterocycles. The molecule has 3 nitrogen and oxygen atoms in total. The lowest BCUT2D eigenvalue weighted by Crippen LogP contribution is -2.31. The third kappa shape index (κ3) is 3.00. The number of halogens is 2. The van der Waals surface area contributed by atoms with Crippen molar-refractivity contribution in [3.63, 3.8) is 0 Å². The van der Waals surface area contributed by atoms with Crippen LogP contribution in [-0.2, 0) is 9.53 Å². The van der Waals surface area contributed by atoms with E-state index in [-0.39, 0.29) is 12.2 Å². The standard InChI is InChI=1S/C11H13F2NO2/c1-2-16-11(15)9(13)10(14)7-4-3-5-8(12)6-7/h3-6,9-10H,2,14H2,1H3/t9?,10-/m0/s1. The van der Waals surface area contributed by atoms with Crippen LogP contribution in [0.4, 0.5) is 8.78 Å². The summed E-state index contributed by atoms with van der Waals surface area (Å²) in [5.41, 5.74) is 5.72. The van der Waals surface area contributed by atoms with Crippen LogP contribution in [0.1, 0.15) is 18.5 Å². The Morgan fingerprint density at radius 2 is 2.25 bits per heavy atom. The van der Waals surface area contributed by atoms with E-state index < -0.39 is 24.0 Å². The number of esters is 1. The Morgan fingerprint density at radius 1 is 1.56 bits per heavy atom. The van der Waals surface area contributed by atoms with Crippen LogP contribution in [0.2, 0.25) is 0 Å². The van der Waals surface area contributed by atoms with Crippen molar-refractivity contribution >= 4 is 5.97 Å². The van der Waals surface area contributed by atoms with Crippen molar-refractivity contribution in [1.29, 1.82) is 0 Å². The summed E-state index contributed by atoms with van der Waals surface area (Å²) in [5.74, 6) is -1.55. The van der Waals surface area contributed by atoms with Crippen LogP contribution < -0.4 is 5.73 Å². The number of rotatable bonds is 4. The van der Waals surface area contributed by atoms with Gasteiger partial charge in [0, 0.05) is 0 Å². The molecule has 0 aliphatic carbocycles. The molecule has 0 saturated carbocycles. The Balaban J connectivity index is 2.77. The zero-order valence-corrected chi connectivity index (χ0v) is 8.82. The number of ether oxygens (including phenoxy) is 1. The number of benzene rings is 1. The average Bonchev–Trinajstić information content (AvgIpc) is 2.27. The van der Waals surface area contributed by atoms with E-state index in [4.69, 9.17) is 5.73 Å². The number of hydrogen-bond acceptors (Lipinski definition) is 3. The number of alkyl halides is 1. The van der Waals surface area contributed by atoms with Crippen LogP contribution in [0, 0.1) is 5.82 Å². The molecule has 16 heavy (non-hydrogen) atoms. The predicted octanol–water partition coefficient (Wildman–Crippen LogP) is 1.73. The maximum atomic E-state index is 13.5. The molecular weight excluding hydrogens is 216 g/mol. The highest BCUT2D eigenvalue weighted by Crippen LogP contribution is 2.18. The molecule has 1 aromatic carbocycles. The number of hydrogen-bond donors (Lipinski definition) is 1. The summed E-state index contributed by atoms with van der Waals surface area (Å²) in [5, 5.41) is 0. The van der Waals surface area contributed by atoms with E-state index in [1.54, 1.807) is 6.92 Å². The second-order valence-corrected chi connectivity index (χ2v) is 3.23. The van der Waals surface area contributed by atoms with Gasteiger partial charge in [-0.15, -0.1) is 0 Å². The SMILES string of the molecule is CCOC(=O)C(F)[C@@H](N)c1cccc(F)c1. The molecule has 1 aromatic rings. The van der Waals surface area contributed by atoms with Gasteiger partial charge in [0.1, 0.15) is 5.82 Å². The molecule has 0 fully saturated rings. The van der Waals surface area contributed by atoms with Gasteiger partial charge in [0.25, 0.3) is 0 Å². The van der Waals surface area contributed by atoms with E-state index >= 15 is 0 Å². The zero-order chi connectivity index (χ0) is 12.1. The first kappa shape index (κ1) is 12.6. The molecule has 2 atom stereocenters. The molecular formula is C11H13F2NO2. The lowest BCUT2D eigenvalue weighted by molar-refractivity contribution is -0.149. The first-order valence-electron chi connectivity index (χ1n) is 4.88. The van der Waals surface area contributed by atoms with Crippen molar-refractivity contribution < 1.29 is 18.3 Å². The van der Waals surface area contributed by atoms with Gasteiger partial charge in [-0.3, -0.25) is 0 Å². The Kier molecular flexibility index (Phi) is 4.37. The van der Waals surface area contributed by atoms with Crippen LogP contribution in [0.5, 0.6) is 0 Å². The van der Waals surface area contributed by atoms with E-state index in [0.29, 0.717) is 0 Å². The zero-order valence-electron chi connectivity index (χ0n) is 8.82. The molecule has 0 bridgehead atoms. The van der Waals surface area contributed by atoms with Crippen LogP contribution >= 0.6 is 0 Å². The summed E-state index contributed by atoms with van der Waals surface area (Å²) in [6, 6.07) is 3.96. The second kappa shape index (κ2) is 5.55. The third-order valence-electron chi connectivity index (χ3n) is 2.06. The molecule has 0 radical (unpaired) electrons. The Hall–Kier alpha value is -1.49. The highest BCUT2D eigenvalue weighted by atomic mass is 19.1. The minimum atomic E-state index is -1.98. The second-order valence-electron chi connectivity index (χ2n) is 3.23. The summed E-state index contributed by atoms with van der Waals surface area (Å²) >= 11 is 0. The van der Waals surface area contributed by atoms with Crippen LogP contribution in [-0.4, -0.2) is 18.7 Å². The summed E-state index contributed by atoms with van der Waals surface area (Å²) in [7, 11) is 0.